The summed E-state index contributed by atoms with van der Waals surface area (Å²) in [5.74, 6) is -3.05. The van der Waals surface area contributed by atoms with Crippen molar-refractivity contribution in [1.82, 2.24) is 0 Å². The van der Waals surface area contributed by atoms with Crippen LogP contribution in [-0.4, -0.2) is 40.1 Å². The third-order valence-corrected chi connectivity index (χ3v) is 6.53. The molecule has 0 spiro atoms. The lowest BCUT2D eigenvalue weighted by atomic mass is 10.0. The topological polar surface area (TPSA) is 109 Å². The average molecular weight is 266 g/mol. The standard InChI is InChI=1S/C10H18O6S/c1-5-10(6-2,8(13)14)17(15,16)9(3,4)7(11)12/h5-6H2,1-4H3,(H,11,12)(H,13,14). The van der Waals surface area contributed by atoms with Gasteiger partial charge in [0.1, 0.15) is 0 Å². The Balaban J connectivity index is 6.06. The highest BCUT2D eigenvalue weighted by molar-refractivity contribution is 7.95. The van der Waals surface area contributed by atoms with E-state index in [2.05, 4.69) is 0 Å². The Morgan fingerprint density at radius 3 is 1.53 bits per heavy atom. The minimum absolute atomic E-state index is 0.169. The molecule has 0 rings (SSSR count). The fraction of sp³-hybridized carbons (Fsp3) is 0.800. The fourth-order valence-electron chi connectivity index (χ4n) is 1.65. The molecule has 0 atom stereocenters. The number of hydrogen-bond acceptors (Lipinski definition) is 4. The van der Waals surface area contributed by atoms with E-state index in [4.69, 9.17) is 10.2 Å². The molecule has 0 saturated carbocycles. The van der Waals surface area contributed by atoms with Gasteiger partial charge in [0.25, 0.3) is 0 Å². The Labute approximate surface area is 101 Å². The summed E-state index contributed by atoms with van der Waals surface area (Å²) in [7, 11) is -4.36. The molecule has 100 valence electrons. The van der Waals surface area contributed by atoms with Crippen molar-refractivity contribution in [3.05, 3.63) is 0 Å². The van der Waals surface area contributed by atoms with Crippen molar-refractivity contribution in [2.45, 2.75) is 50.0 Å². The first-order chi connectivity index (χ1) is 7.51. The highest BCUT2D eigenvalue weighted by Crippen LogP contribution is 2.35. The highest BCUT2D eigenvalue weighted by Gasteiger charge is 2.58. The van der Waals surface area contributed by atoms with Gasteiger partial charge in [0.15, 0.2) is 19.3 Å². The molecule has 0 aliphatic carbocycles. The van der Waals surface area contributed by atoms with Crippen LogP contribution in [-0.2, 0) is 19.4 Å². The Hall–Kier alpha value is -1.11. The van der Waals surface area contributed by atoms with Crippen LogP contribution in [0, 0.1) is 0 Å². The quantitative estimate of drug-likeness (QED) is 0.739. The summed E-state index contributed by atoms with van der Waals surface area (Å²) in [5, 5.41) is 18.1. The first-order valence-electron chi connectivity index (χ1n) is 5.22. The molecule has 0 saturated heterocycles. The van der Waals surface area contributed by atoms with Crippen LogP contribution < -0.4 is 0 Å². The number of aliphatic carboxylic acids is 2. The smallest absolute Gasteiger partial charge is 0.325 e. The molecule has 0 radical (unpaired) electrons. The maximum atomic E-state index is 12.3. The minimum atomic E-state index is -4.36. The molecule has 0 fully saturated rings. The van der Waals surface area contributed by atoms with Crippen LogP contribution in [0.3, 0.4) is 0 Å². The average Bonchev–Trinajstić information content (AvgIpc) is 2.18. The second-order valence-corrected chi connectivity index (χ2v) is 7.13. The molecule has 0 aliphatic heterocycles. The number of sulfone groups is 1. The molecular formula is C10H18O6S. The molecule has 0 heterocycles. The maximum Gasteiger partial charge on any atom is 0.325 e. The zero-order chi connectivity index (χ0) is 14.1. The van der Waals surface area contributed by atoms with Gasteiger partial charge in [0.2, 0.25) is 0 Å². The third-order valence-electron chi connectivity index (χ3n) is 3.23. The van der Waals surface area contributed by atoms with Crippen molar-refractivity contribution in [1.29, 1.82) is 0 Å². The zero-order valence-electron chi connectivity index (χ0n) is 10.3. The van der Waals surface area contributed by atoms with Crippen molar-refractivity contribution in [2.24, 2.45) is 0 Å². The summed E-state index contributed by atoms with van der Waals surface area (Å²) in [5.41, 5.74) is 0. The van der Waals surface area contributed by atoms with Crippen LogP contribution in [0.5, 0.6) is 0 Å². The van der Waals surface area contributed by atoms with E-state index >= 15 is 0 Å². The van der Waals surface area contributed by atoms with Crippen molar-refractivity contribution < 1.29 is 28.2 Å². The first kappa shape index (κ1) is 15.9. The van der Waals surface area contributed by atoms with Gasteiger partial charge in [-0.25, -0.2) is 8.42 Å². The van der Waals surface area contributed by atoms with Crippen molar-refractivity contribution in [3.63, 3.8) is 0 Å². The lowest BCUT2D eigenvalue weighted by Gasteiger charge is -2.33. The van der Waals surface area contributed by atoms with Crippen molar-refractivity contribution in [2.75, 3.05) is 0 Å². The molecule has 0 aliphatic rings. The van der Waals surface area contributed by atoms with E-state index in [1.165, 1.54) is 13.8 Å². The number of carboxylic acids is 2. The molecule has 6 nitrogen and oxygen atoms in total. The molecule has 0 aromatic carbocycles. The normalized spacial score (nSPS) is 13.4. The van der Waals surface area contributed by atoms with Gasteiger partial charge in [-0.1, -0.05) is 13.8 Å². The number of carboxylic acid groups (broad SMARTS) is 2. The highest BCUT2D eigenvalue weighted by atomic mass is 32.2. The van der Waals surface area contributed by atoms with E-state index in [-0.39, 0.29) is 12.8 Å². The Kier molecular flexibility index (Phi) is 4.33. The monoisotopic (exact) mass is 266 g/mol. The summed E-state index contributed by atoms with van der Waals surface area (Å²) in [6.45, 7) is 4.86. The van der Waals surface area contributed by atoms with Gasteiger partial charge in [0, 0.05) is 0 Å². The van der Waals surface area contributed by atoms with Crippen LogP contribution >= 0.6 is 0 Å². The van der Waals surface area contributed by atoms with Crippen LogP contribution in [0.2, 0.25) is 0 Å². The zero-order valence-corrected chi connectivity index (χ0v) is 11.2. The van der Waals surface area contributed by atoms with Gasteiger partial charge in [-0.15, -0.1) is 0 Å². The van der Waals surface area contributed by atoms with E-state index < -0.39 is 31.3 Å². The second-order valence-electron chi connectivity index (χ2n) is 4.33. The molecule has 7 heteroatoms. The van der Waals surface area contributed by atoms with E-state index in [1.54, 1.807) is 0 Å². The van der Waals surface area contributed by atoms with Crippen molar-refractivity contribution in [3.8, 4) is 0 Å². The summed E-state index contributed by atoms with van der Waals surface area (Å²) >= 11 is 0. The van der Waals surface area contributed by atoms with Crippen LogP contribution in [0.4, 0.5) is 0 Å². The van der Waals surface area contributed by atoms with E-state index in [9.17, 15) is 18.0 Å². The number of carbonyl (C=O) groups is 2. The molecular weight excluding hydrogens is 248 g/mol. The van der Waals surface area contributed by atoms with E-state index in [0.717, 1.165) is 13.8 Å². The largest absolute Gasteiger partial charge is 0.480 e. The Morgan fingerprint density at radius 2 is 1.35 bits per heavy atom. The Morgan fingerprint density at radius 1 is 1.00 bits per heavy atom. The van der Waals surface area contributed by atoms with Crippen molar-refractivity contribution >= 4 is 21.8 Å². The Bertz CT molecular complexity index is 416. The molecule has 0 aromatic rings. The summed E-state index contributed by atoms with van der Waals surface area (Å²) in [6.07, 6.45) is -0.338. The summed E-state index contributed by atoms with van der Waals surface area (Å²) < 4.78 is 20.3. The molecule has 0 bridgehead atoms. The molecule has 0 amide bonds. The minimum Gasteiger partial charge on any atom is -0.480 e. The molecule has 0 aromatic heterocycles. The number of rotatable bonds is 6. The predicted molar refractivity (Wildman–Crippen MR) is 61.6 cm³/mol. The number of hydrogen-bond donors (Lipinski definition) is 2. The van der Waals surface area contributed by atoms with E-state index in [0.29, 0.717) is 0 Å². The molecule has 2 N–H and O–H groups in total. The first-order valence-corrected chi connectivity index (χ1v) is 6.70. The van der Waals surface area contributed by atoms with Crippen LogP contribution in [0.1, 0.15) is 40.5 Å². The fourth-order valence-corrected chi connectivity index (χ4v) is 3.85. The lowest BCUT2D eigenvalue weighted by molar-refractivity contribution is -0.140. The third kappa shape index (κ3) is 2.03. The van der Waals surface area contributed by atoms with Gasteiger partial charge in [-0.3, -0.25) is 9.59 Å². The maximum absolute atomic E-state index is 12.3. The van der Waals surface area contributed by atoms with Gasteiger partial charge in [0.05, 0.1) is 0 Å². The molecule has 0 unspecified atom stereocenters. The van der Waals surface area contributed by atoms with Gasteiger partial charge >= 0.3 is 11.9 Å². The van der Waals surface area contributed by atoms with Gasteiger partial charge in [-0.05, 0) is 26.7 Å². The molecule has 17 heavy (non-hydrogen) atoms. The summed E-state index contributed by atoms with van der Waals surface area (Å²) in [6, 6.07) is 0. The summed E-state index contributed by atoms with van der Waals surface area (Å²) in [4.78, 5) is 22.2. The van der Waals surface area contributed by atoms with Crippen LogP contribution in [0.25, 0.3) is 0 Å². The second kappa shape index (κ2) is 4.64. The van der Waals surface area contributed by atoms with Crippen LogP contribution in [0.15, 0.2) is 0 Å². The SMILES string of the molecule is CCC(CC)(C(=O)O)S(=O)(=O)C(C)(C)C(=O)O. The van der Waals surface area contributed by atoms with Gasteiger partial charge < -0.3 is 10.2 Å². The van der Waals surface area contributed by atoms with E-state index in [1.807, 2.05) is 0 Å². The lowest BCUT2D eigenvalue weighted by Crippen LogP contribution is -2.56. The van der Waals surface area contributed by atoms with Gasteiger partial charge in [-0.2, -0.15) is 0 Å². The predicted octanol–water partition coefficient (Wildman–Crippen LogP) is 0.908.